The van der Waals surface area contributed by atoms with E-state index in [1.807, 2.05) is 32.0 Å². The maximum Gasteiger partial charge on any atom is 0.332 e. The number of nitrogens with zero attached hydrogens (tertiary/aromatic N) is 4. The molecule has 3 fully saturated rings. The van der Waals surface area contributed by atoms with E-state index in [2.05, 4.69) is 10.2 Å². The van der Waals surface area contributed by atoms with Crippen LogP contribution in [0.3, 0.4) is 0 Å². The van der Waals surface area contributed by atoms with E-state index in [0.717, 1.165) is 27.5 Å². The van der Waals surface area contributed by atoms with E-state index in [1.54, 1.807) is 0 Å². The second-order valence-corrected chi connectivity index (χ2v) is 10.5. The van der Waals surface area contributed by atoms with Crippen molar-refractivity contribution in [3.05, 3.63) is 34.9 Å². The molecule has 0 saturated carbocycles. The van der Waals surface area contributed by atoms with E-state index in [-0.39, 0.29) is 29.2 Å². The van der Waals surface area contributed by atoms with Crippen LogP contribution < -0.4 is 10.2 Å². The van der Waals surface area contributed by atoms with Gasteiger partial charge in [-0.25, -0.2) is 4.79 Å². The summed E-state index contributed by atoms with van der Waals surface area (Å²) in [6.45, 7) is 4.48. The van der Waals surface area contributed by atoms with E-state index in [1.165, 1.54) is 25.1 Å². The Hall–Kier alpha value is -3.60. The molecule has 0 bridgehead atoms. The quantitative estimate of drug-likeness (QED) is 0.278. The minimum Gasteiger partial charge on any atom is -0.367 e. The SMILES string of the molecule is CC[C@@H](C)N1C(=O)/C(=C/c2ccc3c(c2)CC2(C(=O)N(C)C(=O)N(C)C2=O)[C@@H]2CCCN32)C(=O)NC1=S. The molecule has 11 heteroatoms. The number of imide groups is 2. The van der Waals surface area contributed by atoms with Gasteiger partial charge in [0.05, 0.1) is 6.04 Å². The molecule has 37 heavy (non-hydrogen) atoms. The zero-order valence-corrected chi connectivity index (χ0v) is 22.1. The van der Waals surface area contributed by atoms with Gasteiger partial charge in [-0.15, -0.1) is 0 Å². The fraction of sp³-hybridized carbons (Fsp3) is 0.462. The molecule has 4 heterocycles. The Bertz CT molecular complexity index is 1280. The van der Waals surface area contributed by atoms with Crippen molar-refractivity contribution in [2.75, 3.05) is 25.5 Å². The van der Waals surface area contributed by atoms with E-state index in [4.69, 9.17) is 12.2 Å². The number of benzene rings is 1. The molecule has 10 nitrogen and oxygen atoms in total. The number of hydrogen-bond acceptors (Lipinski definition) is 7. The summed E-state index contributed by atoms with van der Waals surface area (Å²) in [5.74, 6) is -2.02. The molecule has 5 rings (SSSR count). The third-order valence-electron chi connectivity index (χ3n) is 8.13. The molecule has 1 aromatic carbocycles. The first-order valence-electron chi connectivity index (χ1n) is 12.4. The Morgan fingerprint density at radius 1 is 1.14 bits per heavy atom. The molecule has 4 aliphatic rings. The van der Waals surface area contributed by atoms with E-state index in [9.17, 15) is 24.0 Å². The van der Waals surface area contributed by atoms with E-state index in [0.29, 0.717) is 24.9 Å². The summed E-state index contributed by atoms with van der Waals surface area (Å²) in [4.78, 5) is 71.1. The van der Waals surface area contributed by atoms with Crippen molar-refractivity contribution >= 4 is 58.8 Å². The second-order valence-electron chi connectivity index (χ2n) is 10.1. The maximum absolute atomic E-state index is 13.6. The molecule has 1 spiro atoms. The Kier molecular flexibility index (Phi) is 5.93. The van der Waals surface area contributed by atoms with Crippen molar-refractivity contribution in [2.24, 2.45) is 5.41 Å². The molecule has 0 aromatic heterocycles. The number of hydrogen-bond donors (Lipinski definition) is 1. The van der Waals surface area contributed by atoms with Gasteiger partial charge in [-0.2, -0.15) is 0 Å². The van der Waals surface area contributed by atoms with Gasteiger partial charge >= 0.3 is 6.03 Å². The van der Waals surface area contributed by atoms with E-state index < -0.39 is 35.1 Å². The average molecular weight is 524 g/mol. The summed E-state index contributed by atoms with van der Waals surface area (Å²) >= 11 is 5.23. The van der Waals surface area contributed by atoms with Crippen molar-refractivity contribution < 1.29 is 24.0 Å². The van der Waals surface area contributed by atoms with Gasteiger partial charge in [-0.1, -0.05) is 13.0 Å². The summed E-state index contributed by atoms with van der Waals surface area (Å²) in [6.07, 6.45) is 3.80. The highest BCUT2D eigenvalue weighted by Crippen LogP contribution is 2.49. The summed E-state index contributed by atoms with van der Waals surface area (Å²) in [7, 11) is 2.82. The Morgan fingerprint density at radius 2 is 1.81 bits per heavy atom. The highest BCUT2D eigenvalue weighted by atomic mass is 32.1. The van der Waals surface area contributed by atoms with Gasteiger partial charge in [-0.3, -0.25) is 39.2 Å². The molecule has 194 valence electrons. The molecule has 6 amide bonds. The van der Waals surface area contributed by atoms with Crippen LogP contribution in [0, 0.1) is 5.41 Å². The Balaban J connectivity index is 1.57. The molecule has 1 aromatic rings. The number of fused-ring (bicyclic) bond motifs is 4. The smallest absolute Gasteiger partial charge is 0.332 e. The first-order chi connectivity index (χ1) is 17.5. The number of rotatable bonds is 3. The zero-order chi connectivity index (χ0) is 26.8. The van der Waals surface area contributed by atoms with Gasteiger partial charge in [0.1, 0.15) is 5.57 Å². The molecular formula is C26H29N5O5S. The van der Waals surface area contributed by atoms with Gasteiger partial charge in [0.15, 0.2) is 10.5 Å². The number of carbonyl (C=O) groups excluding carboxylic acids is 5. The van der Waals surface area contributed by atoms with Crippen LogP contribution in [0.25, 0.3) is 6.08 Å². The Morgan fingerprint density at radius 3 is 2.46 bits per heavy atom. The van der Waals surface area contributed by atoms with Gasteiger partial charge in [0, 0.05) is 32.4 Å². The first kappa shape index (κ1) is 25.1. The summed E-state index contributed by atoms with van der Waals surface area (Å²) in [5, 5.41) is 2.69. The molecular weight excluding hydrogens is 494 g/mol. The molecule has 0 unspecified atom stereocenters. The lowest BCUT2D eigenvalue weighted by atomic mass is 9.68. The number of urea groups is 1. The van der Waals surface area contributed by atoms with Gasteiger partial charge < -0.3 is 4.90 Å². The molecule has 4 aliphatic heterocycles. The molecule has 0 radical (unpaired) electrons. The maximum atomic E-state index is 13.6. The highest BCUT2D eigenvalue weighted by Gasteiger charge is 2.63. The van der Waals surface area contributed by atoms with Crippen LogP contribution in [0.5, 0.6) is 0 Å². The van der Waals surface area contributed by atoms with Crippen molar-refractivity contribution in [3.8, 4) is 0 Å². The molecule has 0 aliphatic carbocycles. The van der Waals surface area contributed by atoms with Gasteiger partial charge in [-0.05, 0) is 74.2 Å². The van der Waals surface area contributed by atoms with Crippen molar-refractivity contribution in [3.63, 3.8) is 0 Å². The van der Waals surface area contributed by atoms with Crippen LogP contribution in [-0.4, -0.2) is 82.2 Å². The summed E-state index contributed by atoms with van der Waals surface area (Å²) < 4.78 is 0. The monoisotopic (exact) mass is 523 g/mol. The van der Waals surface area contributed by atoms with Gasteiger partial charge in [0.25, 0.3) is 11.8 Å². The number of amides is 6. The minimum absolute atomic E-state index is 0.0340. The number of thiocarbonyl (C=S) groups is 1. The summed E-state index contributed by atoms with van der Waals surface area (Å²) in [5.41, 5.74) is 0.816. The number of carbonyl (C=O) groups is 5. The number of anilines is 1. The fourth-order valence-corrected chi connectivity index (χ4v) is 6.40. The third-order valence-corrected chi connectivity index (χ3v) is 8.42. The summed E-state index contributed by atoms with van der Waals surface area (Å²) in [6, 6.07) is 4.38. The predicted octanol–water partition coefficient (Wildman–Crippen LogP) is 1.67. The standard InChI is InChI=1S/C26H29N5O5S/c1-5-14(2)31-21(33)17(20(32)27-24(31)37)12-15-8-9-18-16(11-15)13-26(19-7-6-10-30(18)19)22(34)28(3)25(36)29(4)23(26)35/h8-9,11-12,14,19H,5-7,10,13H2,1-4H3,(H,27,32,37)/b17-12+/t14-,19+/m1/s1. The van der Waals surface area contributed by atoms with Crippen LogP contribution in [0.15, 0.2) is 23.8 Å². The van der Waals surface area contributed by atoms with Crippen LogP contribution in [0.2, 0.25) is 0 Å². The lowest BCUT2D eigenvalue weighted by molar-refractivity contribution is -0.159. The predicted molar refractivity (Wildman–Crippen MR) is 139 cm³/mol. The van der Waals surface area contributed by atoms with Crippen molar-refractivity contribution in [1.82, 2.24) is 20.0 Å². The Labute approximate surface area is 220 Å². The zero-order valence-electron chi connectivity index (χ0n) is 21.2. The fourth-order valence-electron chi connectivity index (χ4n) is 6.05. The third kappa shape index (κ3) is 3.51. The molecule has 1 N–H and O–H groups in total. The van der Waals surface area contributed by atoms with Crippen LogP contribution in [0.4, 0.5) is 10.5 Å². The normalized spacial score (nSPS) is 25.2. The van der Waals surface area contributed by atoms with Gasteiger partial charge in [0.2, 0.25) is 11.8 Å². The highest BCUT2D eigenvalue weighted by molar-refractivity contribution is 7.80. The number of nitrogens with one attached hydrogen (secondary N) is 1. The second kappa shape index (κ2) is 8.76. The number of barbiturate groups is 1. The molecule has 2 atom stereocenters. The lowest BCUT2D eigenvalue weighted by Crippen LogP contribution is -2.70. The average Bonchev–Trinajstić information content (AvgIpc) is 3.38. The minimum atomic E-state index is -1.41. The van der Waals surface area contributed by atoms with Crippen LogP contribution in [-0.2, 0) is 25.6 Å². The van der Waals surface area contributed by atoms with Crippen LogP contribution >= 0.6 is 12.2 Å². The van der Waals surface area contributed by atoms with E-state index >= 15 is 0 Å². The van der Waals surface area contributed by atoms with Crippen LogP contribution in [0.1, 0.15) is 44.2 Å². The van der Waals surface area contributed by atoms with Crippen molar-refractivity contribution in [2.45, 2.75) is 51.6 Å². The lowest BCUT2D eigenvalue weighted by Gasteiger charge is -2.50. The molecule has 3 saturated heterocycles. The largest absolute Gasteiger partial charge is 0.367 e. The van der Waals surface area contributed by atoms with Crippen molar-refractivity contribution in [1.29, 1.82) is 0 Å². The topological polar surface area (TPSA) is 110 Å². The first-order valence-corrected chi connectivity index (χ1v) is 12.8.